The first kappa shape index (κ1) is 57.0. The molecule has 0 fully saturated rings. The van der Waals surface area contributed by atoms with E-state index in [0.29, 0.717) is 11.6 Å². The second-order valence-corrected chi connectivity index (χ2v) is 26.9. The van der Waals surface area contributed by atoms with Crippen molar-refractivity contribution in [2.24, 2.45) is 0 Å². The smallest absolute Gasteiger partial charge is 0.160 e. The van der Waals surface area contributed by atoms with Gasteiger partial charge in [-0.15, -0.1) is 0 Å². The lowest BCUT2D eigenvalue weighted by Crippen LogP contribution is -2.42. The first-order valence-corrected chi connectivity index (χ1v) is 34.6. The highest BCUT2D eigenvalue weighted by Crippen LogP contribution is 2.64. The molecular weight excluding hydrogens is 1230 g/mol. The summed E-state index contributed by atoms with van der Waals surface area (Å²) in [5.74, 6) is 3.70. The van der Waals surface area contributed by atoms with E-state index in [1.165, 1.54) is 44.5 Å². The van der Waals surface area contributed by atoms with E-state index in [1.807, 2.05) is 42.5 Å². The van der Waals surface area contributed by atoms with Crippen LogP contribution in [0.2, 0.25) is 0 Å². The SMILES string of the molecule is C1=CCC2Oc3cc(-c4cc(-c5cc(-c6ccc7c(c6)-c6ccccc6C76c7ccccc7Oc7cc(-c8cc(-c9ccc%10c(c9)oc9ccccc9%10)nc(-c9ccccc9)n8)ccc76)ccc5-c5ccccc5)nc(-c5ccccc5)n4)ccc3C3(C2=C1)c1ccccc1-c1ccccc13. The second kappa shape index (κ2) is 22.2. The van der Waals surface area contributed by atoms with Crippen LogP contribution in [-0.4, -0.2) is 26.0 Å². The topological polar surface area (TPSA) is 83.2 Å². The van der Waals surface area contributed by atoms with E-state index >= 15 is 0 Å². The van der Waals surface area contributed by atoms with Gasteiger partial charge in [-0.3, -0.25) is 0 Å². The number of rotatable bonds is 8. The number of nitrogens with zero attached hydrogens (tertiary/aromatic N) is 4. The lowest BCUT2D eigenvalue weighted by atomic mass is 9.63. The Morgan fingerprint density at radius 1 is 0.287 bits per heavy atom. The van der Waals surface area contributed by atoms with Gasteiger partial charge in [0.15, 0.2) is 11.6 Å². The van der Waals surface area contributed by atoms with Crippen molar-refractivity contribution in [3.63, 3.8) is 0 Å². The molecule has 21 rings (SSSR count). The summed E-state index contributed by atoms with van der Waals surface area (Å²) in [7, 11) is 0. The second-order valence-electron chi connectivity index (χ2n) is 26.9. The molecule has 5 heterocycles. The van der Waals surface area contributed by atoms with Gasteiger partial charge in [-0.05, 0) is 133 Å². The van der Waals surface area contributed by atoms with Gasteiger partial charge in [0.05, 0.1) is 33.6 Å². The maximum Gasteiger partial charge on any atom is 0.160 e. The molecule has 13 aromatic carbocycles. The zero-order valence-corrected chi connectivity index (χ0v) is 54.6. The van der Waals surface area contributed by atoms with Gasteiger partial charge in [-0.2, -0.15) is 0 Å². The Morgan fingerprint density at radius 2 is 0.752 bits per heavy atom. The molecule has 0 saturated heterocycles. The molecule has 0 bridgehead atoms. The average molecular weight is 1290 g/mol. The lowest BCUT2D eigenvalue weighted by molar-refractivity contribution is 0.205. The summed E-state index contributed by atoms with van der Waals surface area (Å²) in [6, 6.07) is 113. The number of fused-ring (bicyclic) bond motifs is 21. The molecule has 2 aliphatic heterocycles. The normalized spacial score (nSPS) is 15.9. The maximum atomic E-state index is 7.21. The van der Waals surface area contributed by atoms with Crippen LogP contribution >= 0.6 is 0 Å². The molecule has 0 N–H and O–H groups in total. The van der Waals surface area contributed by atoms with Crippen LogP contribution in [0.15, 0.2) is 344 Å². The molecule has 7 heteroatoms. The number of ether oxygens (including phenoxy) is 2. The fraction of sp³-hybridized carbons (Fsp3) is 0.0426. The van der Waals surface area contributed by atoms with Crippen molar-refractivity contribution in [1.29, 1.82) is 0 Å². The summed E-state index contributed by atoms with van der Waals surface area (Å²) >= 11 is 0. The Kier molecular flexibility index (Phi) is 12.5. The van der Waals surface area contributed by atoms with E-state index in [-0.39, 0.29) is 6.10 Å². The molecule has 472 valence electrons. The van der Waals surface area contributed by atoms with Gasteiger partial charge in [0.25, 0.3) is 0 Å². The van der Waals surface area contributed by atoms with Crippen LogP contribution in [-0.2, 0) is 10.8 Å². The lowest BCUT2D eigenvalue weighted by Gasteiger charge is -2.45. The Balaban J connectivity index is 0.703. The molecule has 5 aliphatic rings. The number of benzene rings is 13. The first-order valence-electron chi connectivity index (χ1n) is 34.6. The van der Waals surface area contributed by atoms with Crippen molar-refractivity contribution in [2.75, 3.05) is 0 Å². The van der Waals surface area contributed by atoms with Crippen molar-refractivity contribution in [2.45, 2.75) is 23.4 Å². The van der Waals surface area contributed by atoms with Gasteiger partial charge < -0.3 is 13.9 Å². The zero-order chi connectivity index (χ0) is 66.3. The van der Waals surface area contributed by atoms with E-state index in [2.05, 4.69) is 291 Å². The number of allylic oxidation sites excluding steroid dienone is 2. The number of hydrogen-bond donors (Lipinski definition) is 0. The van der Waals surface area contributed by atoms with Crippen LogP contribution in [0, 0.1) is 0 Å². The van der Waals surface area contributed by atoms with E-state index in [4.69, 9.17) is 33.8 Å². The third kappa shape index (κ3) is 8.60. The third-order valence-electron chi connectivity index (χ3n) is 21.6. The predicted molar refractivity (Wildman–Crippen MR) is 404 cm³/mol. The maximum absolute atomic E-state index is 7.21. The van der Waals surface area contributed by atoms with Crippen molar-refractivity contribution < 1.29 is 13.9 Å². The third-order valence-corrected chi connectivity index (χ3v) is 21.6. The summed E-state index contributed by atoms with van der Waals surface area (Å²) in [4.78, 5) is 21.6. The van der Waals surface area contributed by atoms with E-state index < -0.39 is 10.8 Å². The minimum atomic E-state index is -0.727. The Hall–Kier alpha value is -13.1. The van der Waals surface area contributed by atoms with Crippen LogP contribution < -0.4 is 9.47 Å². The molecule has 2 unspecified atom stereocenters. The Labute approximate surface area is 583 Å². The minimum absolute atomic E-state index is 0.146. The molecule has 0 saturated carbocycles. The van der Waals surface area contributed by atoms with Gasteiger partial charge in [0.1, 0.15) is 34.5 Å². The van der Waals surface area contributed by atoms with Gasteiger partial charge >= 0.3 is 0 Å². The molecule has 101 heavy (non-hydrogen) atoms. The average Bonchev–Trinajstić information content (AvgIpc) is 1.56. The van der Waals surface area contributed by atoms with Gasteiger partial charge in [0, 0.05) is 67.3 Å². The predicted octanol–water partition coefficient (Wildman–Crippen LogP) is 22.9. The van der Waals surface area contributed by atoms with Gasteiger partial charge in [0.2, 0.25) is 0 Å². The number of para-hydroxylation sites is 2. The van der Waals surface area contributed by atoms with Crippen LogP contribution in [0.5, 0.6) is 17.2 Å². The fourth-order valence-corrected chi connectivity index (χ4v) is 17.2. The van der Waals surface area contributed by atoms with E-state index in [1.54, 1.807) is 0 Å². The highest BCUT2D eigenvalue weighted by molar-refractivity contribution is 6.06. The molecule has 2 atom stereocenters. The molecular formula is C94H58N4O3. The van der Waals surface area contributed by atoms with Crippen molar-refractivity contribution >= 4 is 21.9 Å². The highest BCUT2D eigenvalue weighted by Gasteiger charge is 2.54. The van der Waals surface area contributed by atoms with Crippen molar-refractivity contribution in [3.05, 3.63) is 378 Å². The van der Waals surface area contributed by atoms with Crippen LogP contribution in [0.1, 0.15) is 45.4 Å². The van der Waals surface area contributed by atoms with Gasteiger partial charge in [-0.1, -0.05) is 273 Å². The van der Waals surface area contributed by atoms with Crippen LogP contribution in [0.3, 0.4) is 0 Å². The largest absolute Gasteiger partial charge is 0.485 e. The van der Waals surface area contributed by atoms with E-state index in [0.717, 1.165) is 146 Å². The van der Waals surface area contributed by atoms with Crippen molar-refractivity contribution in [3.8, 4) is 130 Å². The first-order chi connectivity index (χ1) is 50.0. The number of aromatic nitrogens is 4. The highest BCUT2D eigenvalue weighted by atomic mass is 16.5. The molecule has 7 nitrogen and oxygen atoms in total. The quantitative estimate of drug-likeness (QED) is 0.150. The molecule has 0 radical (unpaired) electrons. The minimum Gasteiger partial charge on any atom is -0.485 e. The molecule has 16 aromatic rings. The monoisotopic (exact) mass is 1290 g/mol. The number of hydrogen-bond acceptors (Lipinski definition) is 7. The molecule has 3 aliphatic carbocycles. The number of furan rings is 1. The summed E-state index contributed by atoms with van der Waals surface area (Å²) in [6.45, 7) is 0. The fourth-order valence-electron chi connectivity index (χ4n) is 17.2. The van der Waals surface area contributed by atoms with Crippen LogP contribution in [0.25, 0.3) is 134 Å². The summed E-state index contributed by atoms with van der Waals surface area (Å²) in [6.07, 6.45) is 7.37. The summed E-state index contributed by atoms with van der Waals surface area (Å²) < 4.78 is 20.8. The molecule has 3 aromatic heterocycles. The summed E-state index contributed by atoms with van der Waals surface area (Å²) in [5.41, 5.74) is 27.9. The zero-order valence-electron chi connectivity index (χ0n) is 54.6. The van der Waals surface area contributed by atoms with Gasteiger partial charge in [-0.25, -0.2) is 19.9 Å². The van der Waals surface area contributed by atoms with Crippen LogP contribution in [0.4, 0.5) is 0 Å². The Morgan fingerprint density at radius 3 is 1.44 bits per heavy atom. The summed E-state index contributed by atoms with van der Waals surface area (Å²) in [5, 5.41) is 2.15. The standard InChI is InChI=1S/C94H58N4O3/c1-4-22-57(23-5-1)65-45-40-60(51-72(65)84-56-83(97-92(98-84)59-26-8-3-9-27-59)64-44-48-79-89(54-64)100-86-38-20-17-35-77(86)93(79)73-32-14-10-28-66(73)67-29-11-15-33-74(67)93)61-42-47-76-71(50-61)68-30-12-16-34-75(68)94(76)78-36-18-21-39-87(78)101-90-53-63(43-49-80(90)94)82-55-81(95-91(96-82)58-24-6-2-7-25-58)62-41-46-70-69-31-13-19-37-85(69)99-88(70)52-62/h1-37,39-56,86H,38H2. The molecule has 0 amide bonds. The van der Waals surface area contributed by atoms with E-state index in [9.17, 15) is 0 Å². The van der Waals surface area contributed by atoms with Crippen molar-refractivity contribution in [1.82, 2.24) is 19.9 Å². The molecule has 2 spiro atoms. The Bertz CT molecular complexity index is 6170.